The largest absolute Gasteiger partial charge is 0.415 e. The summed E-state index contributed by atoms with van der Waals surface area (Å²) in [6.45, 7) is 2.71. The number of nitrogens with zero attached hydrogens (tertiary/aromatic N) is 2. The Labute approximate surface area is 80.6 Å². The molecular weight excluding hydrogens is 192 g/mol. The van der Waals surface area contributed by atoms with Crippen LogP contribution in [0.15, 0.2) is 6.07 Å². The molecule has 0 atom stereocenters. The van der Waals surface area contributed by atoms with Crippen LogP contribution in [0.4, 0.5) is 14.6 Å². The second kappa shape index (κ2) is 3.43. The SMILES string of the molecule is CC(C)(C)n1nc(OC(F)F)cc1N. The van der Waals surface area contributed by atoms with Gasteiger partial charge in [-0.25, -0.2) is 4.68 Å². The molecule has 2 N–H and O–H groups in total. The number of hydrogen-bond acceptors (Lipinski definition) is 3. The lowest BCUT2D eigenvalue weighted by molar-refractivity contribution is -0.0534. The van der Waals surface area contributed by atoms with Crippen molar-refractivity contribution in [2.45, 2.75) is 32.9 Å². The molecule has 80 valence electrons. The number of rotatable bonds is 2. The number of hydrogen-bond donors (Lipinski definition) is 1. The zero-order valence-electron chi connectivity index (χ0n) is 8.29. The van der Waals surface area contributed by atoms with Crippen LogP contribution in [0.2, 0.25) is 0 Å². The molecular formula is C8H13F2N3O. The first-order valence-electron chi connectivity index (χ1n) is 4.11. The van der Waals surface area contributed by atoms with Crippen molar-refractivity contribution in [1.29, 1.82) is 0 Å². The molecule has 1 aromatic heterocycles. The Bertz CT molecular complexity index is 317. The Morgan fingerprint density at radius 1 is 1.50 bits per heavy atom. The summed E-state index contributed by atoms with van der Waals surface area (Å²) in [5.41, 5.74) is 5.23. The first-order chi connectivity index (χ1) is 6.30. The summed E-state index contributed by atoms with van der Waals surface area (Å²) in [5, 5.41) is 3.81. The fourth-order valence-corrected chi connectivity index (χ4v) is 1.06. The van der Waals surface area contributed by atoms with Crippen LogP contribution >= 0.6 is 0 Å². The van der Waals surface area contributed by atoms with Gasteiger partial charge in [-0.3, -0.25) is 0 Å². The molecule has 0 aliphatic carbocycles. The van der Waals surface area contributed by atoms with Gasteiger partial charge in [0.15, 0.2) is 0 Å². The Balaban J connectivity index is 2.94. The number of alkyl halides is 2. The predicted octanol–water partition coefficient (Wildman–Crippen LogP) is 1.82. The van der Waals surface area contributed by atoms with Gasteiger partial charge in [0.2, 0.25) is 5.88 Å². The van der Waals surface area contributed by atoms with Gasteiger partial charge < -0.3 is 10.5 Å². The third kappa shape index (κ3) is 2.34. The van der Waals surface area contributed by atoms with E-state index in [0.717, 1.165) is 0 Å². The van der Waals surface area contributed by atoms with Crippen LogP contribution in [0.25, 0.3) is 0 Å². The molecule has 0 bridgehead atoms. The van der Waals surface area contributed by atoms with Gasteiger partial charge in [0.05, 0.1) is 5.54 Å². The predicted molar refractivity (Wildman–Crippen MR) is 48.3 cm³/mol. The smallest absolute Gasteiger partial charge is 0.388 e. The lowest BCUT2D eigenvalue weighted by Crippen LogP contribution is -2.24. The van der Waals surface area contributed by atoms with E-state index >= 15 is 0 Å². The lowest BCUT2D eigenvalue weighted by Gasteiger charge is -2.20. The maximum Gasteiger partial charge on any atom is 0.388 e. The van der Waals surface area contributed by atoms with Crippen LogP contribution in [-0.2, 0) is 5.54 Å². The highest BCUT2D eigenvalue weighted by Gasteiger charge is 2.19. The van der Waals surface area contributed by atoms with Gasteiger partial charge in [0, 0.05) is 6.07 Å². The topological polar surface area (TPSA) is 53.1 Å². The lowest BCUT2D eigenvalue weighted by atomic mass is 10.1. The van der Waals surface area contributed by atoms with Crippen molar-refractivity contribution in [2.75, 3.05) is 5.73 Å². The minimum Gasteiger partial charge on any atom is -0.415 e. The second-order valence-corrected chi connectivity index (χ2v) is 3.87. The van der Waals surface area contributed by atoms with Crippen molar-refractivity contribution in [2.24, 2.45) is 0 Å². The first kappa shape index (κ1) is 10.7. The summed E-state index contributed by atoms with van der Waals surface area (Å²) in [4.78, 5) is 0. The third-order valence-electron chi connectivity index (χ3n) is 1.56. The standard InChI is InChI=1S/C8H13F2N3O/c1-8(2,3)13-5(11)4-6(12-13)14-7(9)10/h4,7H,11H2,1-3H3. The van der Waals surface area contributed by atoms with E-state index in [9.17, 15) is 8.78 Å². The molecule has 0 saturated heterocycles. The Kier molecular flexibility index (Phi) is 2.64. The Morgan fingerprint density at radius 2 is 2.07 bits per heavy atom. The summed E-state index contributed by atoms with van der Waals surface area (Å²) in [7, 11) is 0. The molecule has 6 heteroatoms. The fraction of sp³-hybridized carbons (Fsp3) is 0.625. The molecule has 0 aromatic carbocycles. The highest BCUT2D eigenvalue weighted by atomic mass is 19.3. The van der Waals surface area contributed by atoms with Crippen LogP contribution in [0.5, 0.6) is 5.88 Å². The van der Waals surface area contributed by atoms with Crippen LogP contribution < -0.4 is 10.5 Å². The Morgan fingerprint density at radius 3 is 2.43 bits per heavy atom. The van der Waals surface area contributed by atoms with Gasteiger partial charge in [-0.05, 0) is 20.8 Å². The molecule has 0 unspecified atom stereocenters. The van der Waals surface area contributed by atoms with Crippen LogP contribution in [-0.4, -0.2) is 16.4 Å². The van der Waals surface area contributed by atoms with Crippen molar-refractivity contribution in [3.63, 3.8) is 0 Å². The van der Waals surface area contributed by atoms with Crippen molar-refractivity contribution < 1.29 is 13.5 Å². The second-order valence-electron chi connectivity index (χ2n) is 3.87. The highest BCUT2D eigenvalue weighted by molar-refractivity contribution is 5.35. The van der Waals surface area contributed by atoms with Gasteiger partial charge in [0.25, 0.3) is 0 Å². The summed E-state index contributed by atoms with van der Waals surface area (Å²) >= 11 is 0. The quantitative estimate of drug-likeness (QED) is 0.801. The molecule has 0 amide bonds. The van der Waals surface area contributed by atoms with E-state index in [-0.39, 0.29) is 11.4 Å². The number of aromatic nitrogens is 2. The number of nitrogen functional groups attached to an aromatic ring is 1. The number of nitrogens with two attached hydrogens (primary N) is 1. The minimum atomic E-state index is -2.88. The molecule has 0 spiro atoms. The number of ether oxygens (including phenoxy) is 1. The van der Waals surface area contributed by atoms with Gasteiger partial charge in [-0.2, -0.15) is 8.78 Å². The molecule has 4 nitrogen and oxygen atoms in total. The maximum absolute atomic E-state index is 11.8. The minimum absolute atomic E-state index is 0.160. The summed E-state index contributed by atoms with van der Waals surface area (Å²) in [6, 6.07) is 1.28. The average Bonchev–Trinajstić information content (AvgIpc) is 2.27. The van der Waals surface area contributed by atoms with Crippen molar-refractivity contribution >= 4 is 5.82 Å². The monoisotopic (exact) mass is 205 g/mol. The zero-order chi connectivity index (χ0) is 10.9. The third-order valence-corrected chi connectivity index (χ3v) is 1.56. The van der Waals surface area contributed by atoms with E-state index in [0.29, 0.717) is 5.82 Å². The fourth-order valence-electron chi connectivity index (χ4n) is 1.06. The van der Waals surface area contributed by atoms with Crippen molar-refractivity contribution in [3.05, 3.63) is 6.07 Å². The summed E-state index contributed by atoms with van der Waals surface area (Å²) in [5.74, 6) is 0.139. The van der Waals surface area contributed by atoms with E-state index in [1.165, 1.54) is 10.7 Å². The molecule has 0 radical (unpaired) electrons. The number of anilines is 1. The molecule has 14 heavy (non-hydrogen) atoms. The maximum atomic E-state index is 11.8. The van der Waals surface area contributed by atoms with Crippen LogP contribution in [0, 0.1) is 0 Å². The summed E-state index contributed by atoms with van der Waals surface area (Å²) in [6.07, 6.45) is 0. The molecule has 0 aliphatic heterocycles. The molecule has 0 fully saturated rings. The first-order valence-corrected chi connectivity index (χ1v) is 4.11. The van der Waals surface area contributed by atoms with E-state index in [4.69, 9.17) is 5.73 Å². The van der Waals surface area contributed by atoms with Crippen molar-refractivity contribution in [3.8, 4) is 5.88 Å². The van der Waals surface area contributed by atoms with E-state index < -0.39 is 6.61 Å². The molecule has 1 aromatic rings. The Hall–Kier alpha value is -1.33. The zero-order valence-corrected chi connectivity index (χ0v) is 8.29. The molecule has 0 saturated carbocycles. The van der Waals surface area contributed by atoms with E-state index in [2.05, 4.69) is 9.84 Å². The molecule has 1 heterocycles. The van der Waals surface area contributed by atoms with E-state index in [1.54, 1.807) is 0 Å². The molecule has 1 rings (SSSR count). The van der Waals surface area contributed by atoms with Crippen LogP contribution in [0.3, 0.4) is 0 Å². The van der Waals surface area contributed by atoms with E-state index in [1.807, 2.05) is 20.8 Å². The van der Waals surface area contributed by atoms with Gasteiger partial charge in [0.1, 0.15) is 5.82 Å². The molecule has 0 aliphatic rings. The van der Waals surface area contributed by atoms with Crippen molar-refractivity contribution in [1.82, 2.24) is 9.78 Å². The summed E-state index contributed by atoms with van der Waals surface area (Å²) < 4.78 is 29.3. The van der Waals surface area contributed by atoms with Gasteiger partial charge in [-0.1, -0.05) is 0 Å². The number of halogens is 2. The van der Waals surface area contributed by atoms with Gasteiger partial charge >= 0.3 is 6.61 Å². The average molecular weight is 205 g/mol. The normalized spacial score (nSPS) is 12.1. The highest BCUT2D eigenvalue weighted by Crippen LogP contribution is 2.23. The van der Waals surface area contributed by atoms with Gasteiger partial charge in [-0.15, -0.1) is 5.10 Å². The van der Waals surface area contributed by atoms with Crippen LogP contribution in [0.1, 0.15) is 20.8 Å².